The van der Waals surface area contributed by atoms with Gasteiger partial charge in [-0.1, -0.05) is 70.7 Å². The molecule has 1 heterocycles. The molecule has 1 amide bonds. The highest BCUT2D eigenvalue weighted by Gasteiger charge is 2.34. The number of hydrogen-bond donors (Lipinski definition) is 0. The number of halogens is 2. The van der Waals surface area contributed by atoms with Gasteiger partial charge in [-0.05, 0) is 67.6 Å². The van der Waals surface area contributed by atoms with Gasteiger partial charge in [-0.2, -0.15) is 0 Å². The van der Waals surface area contributed by atoms with Gasteiger partial charge < -0.3 is 0 Å². The van der Waals surface area contributed by atoms with Gasteiger partial charge in [-0.15, -0.1) is 0 Å². The lowest BCUT2D eigenvalue weighted by molar-refractivity contribution is -0.113. The van der Waals surface area contributed by atoms with Crippen LogP contribution in [0, 0.1) is 13.8 Å². The molecule has 0 bridgehead atoms. The first-order chi connectivity index (χ1) is 14.4. The average Bonchev–Trinajstić information content (AvgIpc) is 3.03. The van der Waals surface area contributed by atoms with E-state index in [-0.39, 0.29) is 5.91 Å². The van der Waals surface area contributed by atoms with E-state index in [4.69, 9.17) is 28.2 Å². The maximum atomic E-state index is 13.3. The lowest BCUT2D eigenvalue weighted by Gasteiger charge is -2.16. The van der Waals surface area contributed by atoms with Gasteiger partial charge in [0, 0.05) is 0 Å². The first kappa shape index (κ1) is 20.7. The summed E-state index contributed by atoms with van der Waals surface area (Å²) in [7, 11) is 0. The Hall–Kier alpha value is -2.53. The van der Waals surface area contributed by atoms with Crippen molar-refractivity contribution < 1.29 is 4.79 Å². The van der Waals surface area contributed by atoms with E-state index in [9.17, 15) is 4.79 Å². The highest BCUT2D eigenvalue weighted by atomic mass is 35.5. The molecule has 1 saturated heterocycles. The Balaban J connectivity index is 1.79. The summed E-state index contributed by atoms with van der Waals surface area (Å²) in [5.41, 5.74) is 4.53. The Morgan fingerprint density at radius 2 is 1.53 bits per heavy atom. The predicted molar refractivity (Wildman–Crippen MR) is 129 cm³/mol. The molecule has 1 fully saturated rings. The number of thioether (sulfide) groups is 1. The van der Waals surface area contributed by atoms with Crippen LogP contribution in [-0.2, 0) is 4.79 Å². The Morgan fingerprint density at radius 3 is 2.20 bits per heavy atom. The van der Waals surface area contributed by atoms with Crippen LogP contribution in [0.3, 0.4) is 0 Å². The van der Waals surface area contributed by atoms with Gasteiger partial charge in [0.05, 0.1) is 26.3 Å². The molecule has 0 spiro atoms. The molecule has 0 aromatic heterocycles. The number of aryl methyl sites for hydroxylation is 2. The number of amidine groups is 1. The van der Waals surface area contributed by atoms with E-state index in [1.165, 1.54) is 11.8 Å². The number of carbonyl (C=O) groups is 1. The zero-order chi connectivity index (χ0) is 21.3. The van der Waals surface area contributed by atoms with Crippen LogP contribution in [0.25, 0.3) is 6.08 Å². The third-order valence-corrected chi connectivity index (χ3v) is 6.43. The minimum absolute atomic E-state index is 0.147. The fourth-order valence-corrected chi connectivity index (χ4v) is 4.33. The van der Waals surface area contributed by atoms with E-state index >= 15 is 0 Å². The van der Waals surface area contributed by atoms with Crippen molar-refractivity contribution in [1.29, 1.82) is 0 Å². The zero-order valence-electron chi connectivity index (χ0n) is 16.4. The molecule has 1 aliphatic heterocycles. The first-order valence-electron chi connectivity index (χ1n) is 9.32. The van der Waals surface area contributed by atoms with Crippen molar-refractivity contribution in [3.63, 3.8) is 0 Å². The van der Waals surface area contributed by atoms with Crippen molar-refractivity contribution in [1.82, 2.24) is 0 Å². The summed E-state index contributed by atoms with van der Waals surface area (Å²) in [5.74, 6) is -0.147. The van der Waals surface area contributed by atoms with Crippen LogP contribution in [0.15, 0.2) is 76.6 Å². The fraction of sp³-hybridized carbons (Fsp3) is 0.0833. The maximum Gasteiger partial charge on any atom is 0.271 e. The third-order valence-electron chi connectivity index (χ3n) is 4.63. The lowest BCUT2D eigenvalue weighted by Crippen LogP contribution is -2.28. The van der Waals surface area contributed by atoms with E-state index in [1.807, 2.05) is 74.5 Å². The van der Waals surface area contributed by atoms with Crippen LogP contribution in [-0.4, -0.2) is 11.1 Å². The quantitative estimate of drug-likeness (QED) is 0.387. The topological polar surface area (TPSA) is 32.7 Å². The highest BCUT2D eigenvalue weighted by Crippen LogP contribution is 2.38. The summed E-state index contributed by atoms with van der Waals surface area (Å²) in [6.45, 7) is 4.04. The predicted octanol–water partition coefficient (Wildman–Crippen LogP) is 7.42. The van der Waals surface area contributed by atoms with E-state index in [2.05, 4.69) is 0 Å². The molecule has 0 atom stereocenters. The molecular formula is C24H18Cl2N2OS. The third kappa shape index (κ3) is 4.31. The number of rotatable bonds is 3. The number of amides is 1. The summed E-state index contributed by atoms with van der Waals surface area (Å²) < 4.78 is 0. The van der Waals surface area contributed by atoms with Crippen LogP contribution in [0.1, 0.15) is 16.7 Å². The summed E-state index contributed by atoms with van der Waals surface area (Å²) in [4.78, 5) is 20.2. The molecule has 150 valence electrons. The number of carbonyl (C=O) groups excluding carboxylic acids is 1. The Kier molecular flexibility index (Phi) is 6.00. The van der Waals surface area contributed by atoms with Crippen molar-refractivity contribution in [3.05, 3.63) is 98.4 Å². The molecule has 0 aliphatic carbocycles. The zero-order valence-corrected chi connectivity index (χ0v) is 18.7. The van der Waals surface area contributed by atoms with Crippen LogP contribution >= 0.6 is 35.0 Å². The van der Waals surface area contributed by atoms with Crippen molar-refractivity contribution in [3.8, 4) is 0 Å². The molecule has 3 aromatic carbocycles. The molecule has 1 aliphatic rings. The van der Waals surface area contributed by atoms with Gasteiger partial charge in [0.15, 0.2) is 5.17 Å². The number of aliphatic imine (C=N–C) groups is 1. The van der Waals surface area contributed by atoms with E-state index in [0.717, 1.165) is 22.5 Å². The molecule has 3 aromatic rings. The molecule has 4 rings (SSSR count). The first-order valence-corrected chi connectivity index (χ1v) is 10.9. The molecule has 0 radical (unpaired) electrons. The van der Waals surface area contributed by atoms with Crippen LogP contribution < -0.4 is 4.90 Å². The minimum Gasteiger partial charge on any atom is -0.268 e. The van der Waals surface area contributed by atoms with Crippen molar-refractivity contribution in [2.24, 2.45) is 4.99 Å². The monoisotopic (exact) mass is 452 g/mol. The number of benzene rings is 3. The maximum absolute atomic E-state index is 13.3. The lowest BCUT2D eigenvalue weighted by atomic mass is 10.2. The van der Waals surface area contributed by atoms with Crippen molar-refractivity contribution >= 4 is 63.5 Å². The number of hydrogen-bond acceptors (Lipinski definition) is 3. The normalized spacial score (nSPS) is 16.7. The molecule has 3 nitrogen and oxygen atoms in total. The van der Waals surface area contributed by atoms with E-state index in [0.29, 0.717) is 25.7 Å². The van der Waals surface area contributed by atoms with Gasteiger partial charge in [-0.25, -0.2) is 4.99 Å². The second-order valence-corrected chi connectivity index (χ2v) is 8.75. The van der Waals surface area contributed by atoms with Crippen molar-refractivity contribution in [2.45, 2.75) is 13.8 Å². The molecule has 0 saturated carbocycles. The average molecular weight is 453 g/mol. The highest BCUT2D eigenvalue weighted by molar-refractivity contribution is 8.19. The Labute approximate surface area is 190 Å². The van der Waals surface area contributed by atoms with E-state index < -0.39 is 0 Å². The largest absolute Gasteiger partial charge is 0.271 e. The summed E-state index contributed by atoms with van der Waals surface area (Å²) in [6.07, 6.45) is 1.76. The van der Waals surface area contributed by atoms with Gasteiger partial charge in [0.25, 0.3) is 5.91 Å². The summed E-state index contributed by atoms with van der Waals surface area (Å²) in [5, 5.41) is 1.47. The fourth-order valence-electron chi connectivity index (χ4n) is 2.97. The van der Waals surface area contributed by atoms with Gasteiger partial charge in [-0.3, -0.25) is 9.69 Å². The second-order valence-electron chi connectivity index (χ2n) is 6.96. The molecule has 6 heteroatoms. The van der Waals surface area contributed by atoms with Gasteiger partial charge in [0.1, 0.15) is 0 Å². The molecule has 30 heavy (non-hydrogen) atoms. The Morgan fingerprint density at radius 1 is 0.900 bits per heavy atom. The molecular weight excluding hydrogens is 435 g/mol. The van der Waals surface area contributed by atoms with E-state index in [1.54, 1.807) is 17.0 Å². The van der Waals surface area contributed by atoms with Gasteiger partial charge in [0.2, 0.25) is 0 Å². The minimum atomic E-state index is -0.147. The molecule has 0 unspecified atom stereocenters. The van der Waals surface area contributed by atoms with Crippen LogP contribution in [0.5, 0.6) is 0 Å². The number of nitrogens with zero attached hydrogens (tertiary/aromatic N) is 2. The summed E-state index contributed by atoms with van der Waals surface area (Å²) >= 11 is 13.8. The molecule has 0 N–H and O–H groups in total. The second kappa shape index (κ2) is 8.68. The van der Waals surface area contributed by atoms with Crippen LogP contribution in [0.4, 0.5) is 11.4 Å². The summed E-state index contributed by atoms with van der Waals surface area (Å²) in [6, 6.07) is 21.0. The standard InChI is InChI=1S/C24H18Cl2N2OS/c1-15-6-10-18(11-7-15)27-24-28(19-12-8-16(2)9-13-19)23(29)21(30-24)14-17-4-3-5-20(25)22(17)26/h3-14H,1-2H3/b21-14+,27-24?. The Bertz CT molecular complexity index is 1170. The van der Waals surface area contributed by atoms with Crippen molar-refractivity contribution in [2.75, 3.05) is 4.90 Å². The van der Waals surface area contributed by atoms with Gasteiger partial charge >= 0.3 is 0 Å². The number of anilines is 1. The van der Waals surface area contributed by atoms with Crippen LogP contribution in [0.2, 0.25) is 10.0 Å². The smallest absolute Gasteiger partial charge is 0.268 e. The SMILES string of the molecule is Cc1ccc(N=C2S/C(=C/c3cccc(Cl)c3Cl)C(=O)N2c2ccc(C)cc2)cc1.